The van der Waals surface area contributed by atoms with Gasteiger partial charge in [0.2, 0.25) is 11.7 Å². The molecule has 0 N–H and O–H groups in total. The number of hydrogen-bond donors (Lipinski definition) is 0. The summed E-state index contributed by atoms with van der Waals surface area (Å²) in [6.07, 6.45) is 1.75. The molecule has 5 rings (SSSR count). The van der Waals surface area contributed by atoms with E-state index in [1.807, 2.05) is 78.6 Å². The average molecular weight is 383 g/mol. The molecule has 2 heterocycles. The minimum Gasteiger partial charge on any atom is -0.337 e. The smallest absolute Gasteiger partial charge is 0.255 e. The Hall–Kier alpha value is -3.47. The molecular weight excluding hydrogens is 362 g/mol. The molecule has 0 bridgehead atoms. The molecule has 1 fully saturated rings. The van der Waals surface area contributed by atoms with E-state index in [0.717, 1.165) is 34.7 Å². The molecule has 0 radical (unpaired) electrons. The third-order valence-electron chi connectivity index (χ3n) is 5.54. The van der Waals surface area contributed by atoms with Crippen LogP contribution in [-0.2, 0) is 0 Å². The Morgan fingerprint density at radius 3 is 2.79 bits per heavy atom. The maximum atomic E-state index is 13.4. The predicted molar refractivity (Wildman–Crippen MR) is 111 cm³/mol. The number of amides is 1. The van der Waals surface area contributed by atoms with Gasteiger partial charge >= 0.3 is 0 Å². The van der Waals surface area contributed by atoms with Gasteiger partial charge in [0, 0.05) is 17.7 Å². The van der Waals surface area contributed by atoms with Gasteiger partial charge in [0.05, 0.1) is 0 Å². The fraction of sp³-hybridized carbons (Fsp3) is 0.208. The summed E-state index contributed by atoms with van der Waals surface area (Å²) in [6.45, 7) is 2.72. The Bertz CT molecular complexity index is 1190. The lowest BCUT2D eigenvalue weighted by molar-refractivity contribution is 0.0712. The van der Waals surface area contributed by atoms with Crippen molar-refractivity contribution in [2.24, 2.45) is 0 Å². The van der Waals surface area contributed by atoms with Gasteiger partial charge in [0.1, 0.15) is 6.04 Å². The largest absolute Gasteiger partial charge is 0.337 e. The summed E-state index contributed by atoms with van der Waals surface area (Å²) < 4.78 is 5.59. The summed E-state index contributed by atoms with van der Waals surface area (Å²) in [6, 6.07) is 21.7. The zero-order chi connectivity index (χ0) is 19.8. The highest BCUT2D eigenvalue weighted by Crippen LogP contribution is 2.34. The van der Waals surface area contributed by atoms with Crippen LogP contribution in [0, 0.1) is 6.92 Å². The highest BCUT2D eigenvalue weighted by molar-refractivity contribution is 6.07. The van der Waals surface area contributed by atoms with E-state index >= 15 is 0 Å². The molecule has 144 valence electrons. The molecule has 1 amide bonds. The van der Waals surface area contributed by atoms with Crippen LogP contribution in [0.5, 0.6) is 0 Å². The lowest BCUT2D eigenvalue weighted by Crippen LogP contribution is -2.30. The number of aryl methyl sites for hydroxylation is 1. The molecule has 1 aliphatic heterocycles. The van der Waals surface area contributed by atoms with Gasteiger partial charge in [0.25, 0.3) is 5.91 Å². The Labute approximate surface area is 169 Å². The van der Waals surface area contributed by atoms with Crippen molar-refractivity contribution in [1.82, 2.24) is 15.0 Å². The van der Waals surface area contributed by atoms with Crippen molar-refractivity contribution in [3.63, 3.8) is 0 Å². The molecule has 0 spiro atoms. The number of carbonyl (C=O) groups excluding carboxylic acids is 1. The van der Waals surface area contributed by atoms with Crippen molar-refractivity contribution >= 4 is 16.7 Å². The van der Waals surface area contributed by atoms with E-state index in [4.69, 9.17) is 4.52 Å². The number of nitrogens with zero attached hydrogens (tertiary/aromatic N) is 3. The Kier molecular flexibility index (Phi) is 4.35. The van der Waals surface area contributed by atoms with Gasteiger partial charge in [-0.3, -0.25) is 4.79 Å². The molecule has 4 aromatic rings. The second-order valence-electron chi connectivity index (χ2n) is 7.51. The number of benzene rings is 3. The molecule has 5 heteroatoms. The average Bonchev–Trinajstić information content (AvgIpc) is 3.42. The summed E-state index contributed by atoms with van der Waals surface area (Å²) in [5.41, 5.74) is 2.78. The highest BCUT2D eigenvalue weighted by atomic mass is 16.5. The van der Waals surface area contributed by atoms with E-state index in [9.17, 15) is 4.79 Å². The van der Waals surface area contributed by atoms with Crippen LogP contribution in [0.2, 0.25) is 0 Å². The second-order valence-corrected chi connectivity index (χ2v) is 7.51. The normalized spacial score (nSPS) is 16.4. The molecule has 1 unspecified atom stereocenters. The summed E-state index contributed by atoms with van der Waals surface area (Å²) in [5, 5.41) is 6.20. The second kappa shape index (κ2) is 7.17. The van der Waals surface area contributed by atoms with Crippen LogP contribution in [0.15, 0.2) is 71.3 Å². The summed E-state index contributed by atoms with van der Waals surface area (Å²) in [7, 11) is 0. The fourth-order valence-corrected chi connectivity index (χ4v) is 4.11. The maximum Gasteiger partial charge on any atom is 0.255 e. The van der Waals surface area contributed by atoms with Crippen molar-refractivity contribution in [1.29, 1.82) is 0 Å². The van der Waals surface area contributed by atoms with Crippen molar-refractivity contribution in [3.05, 3.63) is 83.7 Å². The van der Waals surface area contributed by atoms with Crippen LogP contribution >= 0.6 is 0 Å². The van der Waals surface area contributed by atoms with Gasteiger partial charge < -0.3 is 9.42 Å². The Morgan fingerprint density at radius 2 is 1.90 bits per heavy atom. The third kappa shape index (κ3) is 3.18. The summed E-state index contributed by atoms with van der Waals surface area (Å²) >= 11 is 0. The van der Waals surface area contributed by atoms with Crippen molar-refractivity contribution < 1.29 is 9.32 Å². The summed E-state index contributed by atoms with van der Waals surface area (Å²) in [5.74, 6) is 1.08. The zero-order valence-electron chi connectivity index (χ0n) is 16.2. The molecule has 1 aliphatic rings. The van der Waals surface area contributed by atoms with Gasteiger partial charge in [-0.1, -0.05) is 65.3 Å². The van der Waals surface area contributed by atoms with Gasteiger partial charge in [0.15, 0.2) is 0 Å². The van der Waals surface area contributed by atoms with E-state index in [1.165, 1.54) is 0 Å². The molecule has 3 aromatic carbocycles. The Morgan fingerprint density at radius 1 is 1.07 bits per heavy atom. The van der Waals surface area contributed by atoms with E-state index in [-0.39, 0.29) is 11.9 Å². The quantitative estimate of drug-likeness (QED) is 0.489. The van der Waals surface area contributed by atoms with Crippen LogP contribution in [0.25, 0.3) is 22.2 Å². The predicted octanol–water partition coefficient (Wildman–Crippen LogP) is 5.18. The maximum absolute atomic E-state index is 13.4. The van der Waals surface area contributed by atoms with Gasteiger partial charge in [-0.25, -0.2) is 0 Å². The first-order chi connectivity index (χ1) is 14.2. The van der Waals surface area contributed by atoms with Crippen LogP contribution in [-0.4, -0.2) is 27.5 Å². The number of rotatable bonds is 3. The number of fused-ring (bicyclic) bond motifs is 1. The first-order valence-corrected chi connectivity index (χ1v) is 9.90. The van der Waals surface area contributed by atoms with Crippen LogP contribution in [0.4, 0.5) is 0 Å². The van der Waals surface area contributed by atoms with Gasteiger partial charge in [-0.05, 0) is 42.7 Å². The fourth-order valence-electron chi connectivity index (χ4n) is 4.11. The number of aromatic nitrogens is 2. The molecule has 1 atom stereocenters. The number of hydrogen-bond acceptors (Lipinski definition) is 4. The SMILES string of the molecule is Cc1cccc(-c2noc(C3CCCN3C(=O)c3cccc4ccccc34)n2)c1. The molecule has 5 nitrogen and oxygen atoms in total. The lowest BCUT2D eigenvalue weighted by Gasteiger charge is -2.22. The highest BCUT2D eigenvalue weighted by Gasteiger charge is 2.35. The van der Waals surface area contributed by atoms with E-state index in [1.54, 1.807) is 0 Å². The number of likely N-dealkylation sites (tertiary alicyclic amines) is 1. The van der Waals surface area contributed by atoms with Gasteiger partial charge in [-0.15, -0.1) is 0 Å². The molecule has 0 saturated carbocycles. The van der Waals surface area contributed by atoms with Crippen molar-refractivity contribution in [3.8, 4) is 11.4 Å². The topological polar surface area (TPSA) is 59.2 Å². The van der Waals surface area contributed by atoms with Gasteiger partial charge in [-0.2, -0.15) is 4.98 Å². The number of carbonyl (C=O) groups is 1. The van der Waals surface area contributed by atoms with Crippen molar-refractivity contribution in [2.75, 3.05) is 6.54 Å². The van der Waals surface area contributed by atoms with Crippen LogP contribution in [0.1, 0.15) is 40.7 Å². The van der Waals surface area contributed by atoms with Crippen molar-refractivity contribution in [2.45, 2.75) is 25.8 Å². The molecule has 1 saturated heterocycles. The first-order valence-electron chi connectivity index (χ1n) is 9.90. The van der Waals surface area contributed by atoms with E-state index in [0.29, 0.717) is 23.8 Å². The molecule has 29 heavy (non-hydrogen) atoms. The monoisotopic (exact) mass is 383 g/mol. The van der Waals surface area contributed by atoms with Crippen LogP contribution < -0.4 is 0 Å². The van der Waals surface area contributed by atoms with E-state index in [2.05, 4.69) is 10.1 Å². The molecular formula is C24H21N3O2. The van der Waals surface area contributed by atoms with E-state index < -0.39 is 0 Å². The standard InChI is InChI=1S/C24H21N3O2/c1-16-7-4-10-18(15-16)22-25-23(29-26-22)21-13-6-14-27(21)24(28)20-12-5-9-17-8-2-3-11-19(17)20/h2-5,7-12,15,21H,6,13-14H2,1H3. The minimum absolute atomic E-state index is 0.0135. The third-order valence-corrected chi connectivity index (χ3v) is 5.54. The minimum atomic E-state index is -0.187. The lowest BCUT2D eigenvalue weighted by atomic mass is 10.0. The molecule has 1 aromatic heterocycles. The first kappa shape index (κ1) is 17.6. The summed E-state index contributed by atoms with van der Waals surface area (Å²) in [4.78, 5) is 19.9. The van der Waals surface area contributed by atoms with Crippen LogP contribution in [0.3, 0.4) is 0 Å². The zero-order valence-corrected chi connectivity index (χ0v) is 16.2. The Balaban J connectivity index is 1.47. The molecule has 0 aliphatic carbocycles.